The van der Waals surface area contributed by atoms with E-state index in [1.54, 1.807) is 7.11 Å². The summed E-state index contributed by atoms with van der Waals surface area (Å²) in [5.41, 5.74) is 2.53. The summed E-state index contributed by atoms with van der Waals surface area (Å²) < 4.78 is 10.9. The van der Waals surface area contributed by atoms with E-state index in [9.17, 15) is 5.11 Å². The summed E-state index contributed by atoms with van der Waals surface area (Å²) in [6.45, 7) is 8.16. The fraction of sp³-hybridized carbons (Fsp3) is 0.455. The highest BCUT2D eigenvalue weighted by molar-refractivity contribution is 5.31. The highest BCUT2D eigenvalue weighted by Crippen LogP contribution is 2.18. The third kappa shape index (κ3) is 6.36. The minimum absolute atomic E-state index is 0.271. The molecule has 2 atom stereocenters. The average molecular weight is 357 g/mol. The Morgan fingerprint density at radius 2 is 1.77 bits per heavy atom. The van der Waals surface area contributed by atoms with Crippen LogP contribution in [0.25, 0.3) is 0 Å². The number of ether oxygens (including phenoxy) is 2. The Morgan fingerprint density at radius 3 is 2.38 bits per heavy atom. The van der Waals surface area contributed by atoms with Gasteiger partial charge in [-0.1, -0.05) is 36.8 Å². The first kappa shape index (κ1) is 20.3. The van der Waals surface area contributed by atoms with Crippen molar-refractivity contribution in [2.75, 3.05) is 20.3 Å². The normalized spacial score (nSPS) is 13.5. The summed E-state index contributed by atoms with van der Waals surface area (Å²) in [4.78, 5) is 2.32. The second-order valence-corrected chi connectivity index (χ2v) is 6.82. The number of hydrogen-bond donors (Lipinski definition) is 1. The van der Waals surface area contributed by atoms with Crippen molar-refractivity contribution >= 4 is 0 Å². The summed E-state index contributed by atoms with van der Waals surface area (Å²) >= 11 is 0. The van der Waals surface area contributed by atoms with Crippen LogP contribution in [0.5, 0.6) is 11.5 Å². The predicted molar refractivity (Wildman–Crippen MR) is 106 cm³/mol. The van der Waals surface area contributed by atoms with Crippen molar-refractivity contribution in [2.24, 2.45) is 0 Å². The van der Waals surface area contributed by atoms with Gasteiger partial charge in [-0.25, -0.2) is 0 Å². The zero-order valence-corrected chi connectivity index (χ0v) is 16.3. The van der Waals surface area contributed by atoms with Gasteiger partial charge in [0.25, 0.3) is 0 Å². The summed E-state index contributed by atoms with van der Waals surface area (Å²) in [5.74, 6) is 1.53. The van der Waals surface area contributed by atoms with Crippen LogP contribution in [0, 0.1) is 6.92 Å². The third-order valence-corrected chi connectivity index (χ3v) is 4.63. The molecule has 142 valence electrons. The lowest BCUT2D eigenvalue weighted by Crippen LogP contribution is -2.40. The molecule has 0 aliphatic carbocycles. The van der Waals surface area contributed by atoms with Crippen molar-refractivity contribution in [3.05, 3.63) is 59.7 Å². The van der Waals surface area contributed by atoms with Gasteiger partial charge in [-0.15, -0.1) is 0 Å². The van der Waals surface area contributed by atoms with Gasteiger partial charge in [-0.2, -0.15) is 0 Å². The molecular weight excluding hydrogens is 326 g/mol. The number of aryl methyl sites for hydroxylation is 1. The molecule has 0 aliphatic rings. The molecule has 2 rings (SSSR count). The van der Waals surface area contributed by atoms with Gasteiger partial charge in [0.15, 0.2) is 0 Å². The van der Waals surface area contributed by atoms with Gasteiger partial charge in [0.1, 0.15) is 24.2 Å². The first-order valence-electron chi connectivity index (χ1n) is 9.26. The molecule has 0 aliphatic heterocycles. The maximum absolute atomic E-state index is 10.5. The van der Waals surface area contributed by atoms with E-state index in [1.807, 2.05) is 24.3 Å². The van der Waals surface area contributed by atoms with E-state index in [2.05, 4.69) is 49.9 Å². The molecule has 26 heavy (non-hydrogen) atoms. The number of aliphatic hydroxyl groups is 1. The van der Waals surface area contributed by atoms with Gasteiger partial charge in [0.2, 0.25) is 0 Å². The van der Waals surface area contributed by atoms with E-state index in [-0.39, 0.29) is 6.61 Å². The summed E-state index contributed by atoms with van der Waals surface area (Å²) in [6, 6.07) is 16.3. The summed E-state index contributed by atoms with van der Waals surface area (Å²) in [6.07, 6.45) is 0.494. The van der Waals surface area contributed by atoms with Gasteiger partial charge in [0.05, 0.1) is 7.11 Å². The van der Waals surface area contributed by atoms with Crippen LogP contribution in [0.4, 0.5) is 0 Å². The fourth-order valence-electron chi connectivity index (χ4n) is 2.89. The van der Waals surface area contributed by atoms with Crippen LogP contribution in [-0.4, -0.2) is 42.4 Å². The smallest absolute Gasteiger partial charge is 0.119 e. The number of rotatable bonds is 10. The molecule has 0 saturated carbocycles. The predicted octanol–water partition coefficient (Wildman–Crippen LogP) is 4.04. The van der Waals surface area contributed by atoms with Gasteiger partial charge in [0, 0.05) is 19.1 Å². The highest BCUT2D eigenvalue weighted by atomic mass is 16.5. The minimum Gasteiger partial charge on any atom is -0.497 e. The van der Waals surface area contributed by atoms with E-state index in [0.717, 1.165) is 24.5 Å². The number of benzene rings is 2. The Balaban J connectivity index is 1.91. The van der Waals surface area contributed by atoms with Gasteiger partial charge in [-0.3, -0.25) is 4.90 Å². The maximum atomic E-state index is 10.5. The Morgan fingerprint density at radius 1 is 1.08 bits per heavy atom. The van der Waals surface area contributed by atoms with Crippen molar-refractivity contribution in [2.45, 2.75) is 45.9 Å². The lowest BCUT2D eigenvalue weighted by Gasteiger charge is -2.30. The van der Waals surface area contributed by atoms with Crippen LogP contribution < -0.4 is 9.47 Å². The molecule has 1 N–H and O–H groups in total. The number of methoxy groups -OCH3 is 1. The Hall–Kier alpha value is -2.04. The van der Waals surface area contributed by atoms with Crippen molar-refractivity contribution < 1.29 is 14.6 Å². The van der Waals surface area contributed by atoms with E-state index in [0.29, 0.717) is 12.6 Å². The highest BCUT2D eigenvalue weighted by Gasteiger charge is 2.17. The molecule has 2 aromatic rings. The van der Waals surface area contributed by atoms with E-state index < -0.39 is 6.10 Å². The molecule has 4 nitrogen and oxygen atoms in total. The lowest BCUT2D eigenvalue weighted by molar-refractivity contribution is 0.0506. The molecule has 0 fully saturated rings. The van der Waals surface area contributed by atoms with Gasteiger partial charge in [-0.05, 0) is 50.1 Å². The Bertz CT molecular complexity index is 657. The SMILES string of the molecule is CC[C@H](C)N(Cc1cccc(C)c1)C[C@H](O)COc1ccc(OC)cc1. The molecule has 0 aromatic heterocycles. The van der Waals surface area contributed by atoms with Crippen LogP contribution in [0.1, 0.15) is 31.4 Å². The molecule has 0 bridgehead atoms. The van der Waals surface area contributed by atoms with Gasteiger partial charge >= 0.3 is 0 Å². The first-order chi connectivity index (χ1) is 12.5. The van der Waals surface area contributed by atoms with Crippen molar-refractivity contribution in [1.29, 1.82) is 0 Å². The average Bonchev–Trinajstić information content (AvgIpc) is 2.65. The zero-order chi connectivity index (χ0) is 18.9. The van der Waals surface area contributed by atoms with Crippen molar-refractivity contribution in [1.82, 2.24) is 4.90 Å². The van der Waals surface area contributed by atoms with Crippen LogP contribution >= 0.6 is 0 Å². The fourth-order valence-corrected chi connectivity index (χ4v) is 2.89. The second kappa shape index (κ2) is 10.2. The molecule has 0 saturated heterocycles. The van der Waals surface area contributed by atoms with Crippen molar-refractivity contribution in [3.63, 3.8) is 0 Å². The quantitative estimate of drug-likeness (QED) is 0.697. The molecule has 0 spiro atoms. The second-order valence-electron chi connectivity index (χ2n) is 6.82. The van der Waals surface area contributed by atoms with Crippen LogP contribution in [-0.2, 0) is 6.54 Å². The monoisotopic (exact) mass is 357 g/mol. The van der Waals surface area contributed by atoms with Crippen molar-refractivity contribution in [3.8, 4) is 11.5 Å². The molecule has 0 heterocycles. The third-order valence-electron chi connectivity index (χ3n) is 4.63. The molecular formula is C22H31NO3. The first-order valence-corrected chi connectivity index (χ1v) is 9.26. The lowest BCUT2D eigenvalue weighted by atomic mass is 10.1. The van der Waals surface area contributed by atoms with Gasteiger partial charge < -0.3 is 14.6 Å². The summed E-state index contributed by atoms with van der Waals surface area (Å²) in [5, 5.41) is 10.5. The molecule has 0 unspecified atom stereocenters. The van der Waals surface area contributed by atoms with Crippen LogP contribution in [0.3, 0.4) is 0 Å². The Kier molecular flexibility index (Phi) is 7.95. The number of nitrogens with zero attached hydrogens (tertiary/aromatic N) is 1. The largest absolute Gasteiger partial charge is 0.497 e. The molecule has 2 aromatic carbocycles. The topological polar surface area (TPSA) is 41.9 Å². The molecule has 0 radical (unpaired) electrons. The molecule has 4 heteroatoms. The van der Waals surface area contributed by atoms with Crippen LogP contribution in [0.2, 0.25) is 0 Å². The van der Waals surface area contributed by atoms with E-state index >= 15 is 0 Å². The minimum atomic E-state index is -0.545. The standard InChI is InChI=1S/C22H31NO3/c1-5-18(3)23(14-19-8-6-7-17(2)13-19)15-20(24)16-26-22-11-9-21(25-4)10-12-22/h6-13,18,20,24H,5,14-16H2,1-4H3/t18-,20-/m0/s1. The van der Waals surface area contributed by atoms with E-state index in [1.165, 1.54) is 11.1 Å². The number of hydrogen-bond acceptors (Lipinski definition) is 4. The number of aliphatic hydroxyl groups excluding tert-OH is 1. The Labute approximate surface area is 157 Å². The zero-order valence-electron chi connectivity index (χ0n) is 16.3. The van der Waals surface area contributed by atoms with E-state index in [4.69, 9.17) is 9.47 Å². The van der Waals surface area contributed by atoms with Crippen LogP contribution in [0.15, 0.2) is 48.5 Å². The molecule has 0 amide bonds. The maximum Gasteiger partial charge on any atom is 0.119 e. The summed E-state index contributed by atoms with van der Waals surface area (Å²) in [7, 11) is 1.64.